The molecular weight excluding hydrogens is 248 g/mol. The van der Waals surface area contributed by atoms with Gasteiger partial charge in [-0.15, -0.1) is 0 Å². The lowest BCUT2D eigenvalue weighted by Crippen LogP contribution is -2.57. The van der Waals surface area contributed by atoms with Crippen molar-refractivity contribution in [3.8, 4) is 0 Å². The zero-order valence-corrected chi connectivity index (χ0v) is 12.8. The number of aromatic nitrogens is 1. The summed E-state index contributed by atoms with van der Waals surface area (Å²) in [6, 6.07) is 1.91. The monoisotopic (exact) mass is 276 g/mol. The van der Waals surface area contributed by atoms with Crippen LogP contribution < -0.4 is 11.5 Å². The zero-order valence-electron chi connectivity index (χ0n) is 12.8. The van der Waals surface area contributed by atoms with Crippen molar-refractivity contribution in [2.24, 2.45) is 5.73 Å². The van der Waals surface area contributed by atoms with Gasteiger partial charge in [-0.25, -0.2) is 0 Å². The van der Waals surface area contributed by atoms with Gasteiger partial charge in [-0.05, 0) is 57.8 Å². The molecule has 0 radical (unpaired) electrons. The summed E-state index contributed by atoms with van der Waals surface area (Å²) in [5.74, 6) is 0. The summed E-state index contributed by atoms with van der Waals surface area (Å²) in [4.78, 5) is 6.71. The molecule has 1 aromatic rings. The lowest BCUT2D eigenvalue weighted by molar-refractivity contribution is 0.0979. The predicted octanol–water partition coefficient (Wildman–Crippen LogP) is 2.19. The van der Waals surface area contributed by atoms with Crippen LogP contribution in [0.3, 0.4) is 0 Å². The van der Waals surface area contributed by atoms with Gasteiger partial charge in [0.1, 0.15) is 0 Å². The van der Waals surface area contributed by atoms with Crippen molar-refractivity contribution in [3.63, 3.8) is 0 Å². The van der Waals surface area contributed by atoms with Crippen LogP contribution in [-0.4, -0.2) is 34.6 Å². The lowest BCUT2D eigenvalue weighted by Gasteiger charge is -2.42. The lowest BCUT2D eigenvalue weighted by atomic mass is 9.88. The second kappa shape index (κ2) is 6.55. The van der Waals surface area contributed by atoms with E-state index in [2.05, 4.69) is 23.7 Å². The van der Waals surface area contributed by atoms with Gasteiger partial charge in [-0.3, -0.25) is 9.88 Å². The van der Waals surface area contributed by atoms with Crippen molar-refractivity contribution in [1.82, 2.24) is 9.88 Å². The van der Waals surface area contributed by atoms with E-state index >= 15 is 0 Å². The van der Waals surface area contributed by atoms with E-state index in [0.29, 0.717) is 0 Å². The molecule has 1 unspecified atom stereocenters. The number of pyridine rings is 1. The first-order valence-electron chi connectivity index (χ1n) is 7.71. The first kappa shape index (κ1) is 15.3. The number of hydrogen-bond donors (Lipinski definition) is 2. The Labute approximate surface area is 122 Å². The van der Waals surface area contributed by atoms with Crippen molar-refractivity contribution < 1.29 is 0 Å². The summed E-state index contributed by atoms with van der Waals surface area (Å²) >= 11 is 0. The third kappa shape index (κ3) is 3.49. The normalized spacial score (nSPS) is 19.6. The van der Waals surface area contributed by atoms with Crippen LogP contribution >= 0.6 is 0 Å². The molecule has 4 nitrogen and oxygen atoms in total. The fourth-order valence-corrected chi connectivity index (χ4v) is 2.98. The third-order valence-electron chi connectivity index (χ3n) is 4.71. The molecule has 0 saturated carbocycles. The highest BCUT2D eigenvalue weighted by atomic mass is 15.2. The molecule has 2 heterocycles. The maximum absolute atomic E-state index is 6.51. The number of likely N-dealkylation sites (tertiary alicyclic amines) is 1. The van der Waals surface area contributed by atoms with E-state index in [9.17, 15) is 0 Å². The van der Waals surface area contributed by atoms with Crippen molar-refractivity contribution in [3.05, 3.63) is 24.0 Å². The van der Waals surface area contributed by atoms with Gasteiger partial charge >= 0.3 is 0 Å². The Bertz CT molecular complexity index is 422. The average molecular weight is 276 g/mol. The Hall–Kier alpha value is -1.13. The van der Waals surface area contributed by atoms with Crippen molar-refractivity contribution >= 4 is 5.69 Å². The molecule has 1 fully saturated rings. The average Bonchev–Trinajstić information content (AvgIpc) is 2.70. The van der Waals surface area contributed by atoms with E-state index in [1.807, 2.05) is 12.3 Å². The number of rotatable bonds is 4. The Morgan fingerprint density at radius 1 is 1.25 bits per heavy atom. The highest BCUT2D eigenvalue weighted by Crippen LogP contribution is 2.25. The van der Waals surface area contributed by atoms with Gasteiger partial charge in [0.25, 0.3) is 0 Å². The first-order valence-corrected chi connectivity index (χ1v) is 7.71. The molecule has 1 saturated heterocycles. The minimum Gasteiger partial charge on any atom is -0.398 e. The van der Waals surface area contributed by atoms with Crippen LogP contribution in [0.1, 0.15) is 45.1 Å². The molecule has 1 aromatic heterocycles. The molecule has 4 heteroatoms. The van der Waals surface area contributed by atoms with Crippen LogP contribution in [0, 0.1) is 0 Å². The molecule has 1 aliphatic rings. The van der Waals surface area contributed by atoms with E-state index in [-0.39, 0.29) is 11.6 Å². The van der Waals surface area contributed by atoms with Crippen LogP contribution in [0.15, 0.2) is 18.5 Å². The van der Waals surface area contributed by atoms with E-state index in [1.54, 1.807) is 6.20 Å². The van der Waals surface area contributed by atoms with Gasteiger partial charge < -0.3 is 11.5 Å². The standard InChI is InChI=1S/C16H28N4/c1-16(2,20-9-5-3-4-6-10-20)15(18)11-13-12-19-8-7-14(13)17/h7-8,12,15H,3-6,9-11,18H2,1-2H3,(H2,17,19). The van der Waals surface area contributed by atoms with Crippen molar-refractivity contribution in [1.29, 1.82) is 0 Å². The van der Waals surface area contributed by atoms with E-state index in [1.165, 1.54) is 25.7 Å². The van der Waals surface area contributed by atoms with Gasteiger partial charge in [0.2, 0.25) is 0 Å². The number of anilines is 1. The van der Waals surface area contributed by atoms with Crippen molar-refractivity contribution in [2.75, 3.05) is 18.8 Å². The van der Waals surface area contributed by atoms with Crippen LogP contribution in [0.25, 0.3) is 0 Å². The fraction of sp³-hybridized carbons (Fsp3) is 0.688. The molecule has 2 rings (SSSR count). The van der Waals surface area contributed by atoms with Crippen LogP contribution in [-0.2, 0) is 6.42 Å². The topological polar surface area (TPSA) is 68.2 Å². The highest BCUT2D eigenvalue weighted by Gasteiger charge is 2.33. The van der Waals surface area contributed by atoms with Gasteiger partial charge in [-0.1, -0.05) is 12.8 Å². The summed E-state index contributed by atoms with van der Waals surface area (Å²) in [5, 5.41) is 0. The van der Waals surface area contributed by atoms with Gasteiger partial charge in [0, 0.05) is 29.7 Å². The zero-order chi connectivity index (χ0) is 14.6. The molecule has 1 aliphatic heterocycles. The molecule has 0 amide bonds. The highest BCUT2D eigenvalue weighted by molar-refractivity contribution is 5.44. The minimum atomic E-state index is -0.00732. The predicted molar refractivity (Wildman–Crippen MR) is 84.4 cm³/mol. The van der Waals surface area contributed by atoms with E-state index < -0.39 is 0 Å². The van der Waals surface area contributed by atoms with E-state index in [4.69, 9.17) is 11.5 Å². The molecule has 0 aromatic carbocycles. The molecule has 20 heavy (non-hydrogen) atoms. The van der Waals surface area contributed by atoms with Gasteiger partial charge in [0.05, 0.1) is 0 Å². The molecule has 0 spiro atoms. The molecule has 4 N–H and O–H groups in total. The fourth-order valence-electron chi connectivity index (χ4n) is 2.98. The summed E-state index contributed by atoms with van der Waals surface area (Å²) in [6.07, 6.45) is 9.60. The van der Waals surface area contributed by atoms with Crippen LogP contribution in [0.2, 0.25) is 0 Å². The quantitative estimate of drug-likeness (QED) is 0.884. The third-order valence-corrected chi connectivity index (χ3v) is 4.71. The van der Waals surface area contributed by atoms with Gasteiger partial charge in [0.15, 0.2) is 0 Å². The van der Waals surface area contributed by atoms with Crippen molar-refractivity contribution in [2.45, 2.75) is 57.5 Å². The first-order chi connectivity index (χ1) is 9.51. The number of nitrogen functional groups attached to an aromatic ring is 1. The van der Waals surface area contributed by atoms with Gasteiger partial charge in [-0.2, -0.15) is 0 Å². The second-order valence-electron chi connectivity index (χ2n) is 6.44. The summed E-state index contributed by atoms with van der Waals surface area (Å²) in [5.41, 5.74) is 14.4. The minimum absolute atomic E-state index is 0.00732. The summed E-state index contributed by atoms with van der Waals surface area (Å²) in [6.45, 7) is 6.83. The number of hydrogen-bond acceptors (Lipinski definition) is 4. The number of nitrogens with zero attached hydrogens (tertiary/aromatic N) is 2. The SMILES string of the molecule is CC(C)(C(N)Cc1cnccc1N)N1CCCCCC1. The summed E-state index contributed by atoms with van der Waals surface area (Å²) < 4.78 is 0. The summed E-state index contributed by atoms with van der Waals surface area (Å²) in [7, 11) is 0. The van der Waals surface area contributed by atoms with E-state index in [0.717, 1.165) is 30.8 Å². The Morgan fingerprint density at radius 3 is 2.50 bits per heavy atom. The molecule has 0 bridgehead atoms. The largest absolute Gasteiger partial charge is 0.398 e. The maximum atomic E-state index is 6.51. The molecule has 1 atom stereocenters. The second-order valence-corrected chi connectivity index (χ2v) is 6.44. The van der Waals surface area contributed by atoms with Crippen LogP contribution in [0.5, 0.6) is 0 Å². The smallest absolute Gasteiger partial charge is 0.0378 e. The Balaban J connectivity index is 2.06. The number of nitrogens with two attached hydrogens (primary N) is 2. The molecule has 0 aliphatic carbocycles. The molecular formula is C16H28N4. The Morgan fingerprint density at radius 2 is 1.90 bits per heavy atom. The van der Waals surface area contributed by atoms with Crippen LogP contribution in [0.4, 0.5) is 5.69 Å². The Kier molecular flexibility index (Phi) is 5.00. The maximum Gasteiger partial charge on any atom is 0.0378 e. The molecule has 112 valence electrons.